The number of pyridine rings is 1. The van der Waals surface area contributed by atoms with Crippen LogP contribution in [-0.4, -0.2) is 57.7 Å². The van der Waals surface area contributed by atoms with Crippen LogP contribution in [0.1, 0.15) is 27.2 Å². The Morgan fingerprint density at radius 2 is 1.96 bits per heavy atom. The molecule has 0 atom stereocenters. The molecule has 0 N–H and O–H groups in total. The molecule has 3 rings (SSSR count). The molecule has 1 saturated heterocycles. The SMILES string of the molecule is CC(C)(C)OC(=O)N1CCCN(c2ncnc3ncccc23)CC1. The van der Waals surface area contributed by atoms with Crippen LogP contribution < -0.4 is 4.90 Å². The molecule has 24 heavy (non-hydrogen) atoms. The van der Waals surface area contributed by atoms with Crippen LogP contribution in [0, 0.1) is 0 Å². The largest absolute Gasteiger partial charge is 0.444 e. The van der Waals surface area contributed by atoms with Gasteiger partial charge in [0.05, 0.1) is 5.39 Å². The summed E-state index contributed by atoms with van der Waals surface area (Å²) in [5, 5.41) is 0.936. The Labute approximate surface area is 141 Å². The van der Waals surface area contributed by atoms with Crippen molar-refractivity contribution in [3.63, 3.8) is 0 Å². The lowest BCUT2D eigenvalue weighted by molar-refractivity contribution is 0.0263. The van der Waals surface area contributed by atoms with Crippen LogP contribution in [-0.2, 0) is 4.74 Å². The van der Waals surface area contributed by atoms with Crippen molar-refractivity contribution >= 4 is 22.9 Å². The highest BCUT2D eigenvalue weighted by Gasteiger charge is 2.25. The zero-order chi connectivity index (χ0) is 17.2. The maximum atomic E-state index is 12.3. The predicted molar refractivity (Wildman–Crippen MR) is 92.0 cm³/mol. The highest BCUT2D eigenvalue weighted by molar-refractivity contribution is 5.86. The van der Waals surface area contributed by atoms with E-state index in [0.29, 0.717) is 25.3 Å². The summed E-state index contributed by atoms with van der Waals surface area (Å²) >= 11 is 0. The number of hydrogen-bond acceptors (Lipinski definition) is 6. The Morgan fingerprint density at radius 3 is 2.75 bits per heavy atom. The summed E-state index contributed by atoms with van der Waals surface area (Å²) in [6, 6.07) is 3.87. The van der Waals surface area contributed by atoms with E-state index in [0.717, 1.165) is 24.2 Å². The molecule has 7 nitrogen and oxygen atoms in total. The minimum atomic E-state index is -0.475. The van der Waals surface area contributed by atoms with E-state index in [1.54, 1.807) is 17.4 Å². The molecule has 0 radical (unpaired) electrons. The number of rotatable bonds is 1. The van der Waals surface area contributed by atoms with E-state index in [1.165, 1.54) is 0 Å². The third-order valence-corrected chi connectivity index (χ3v) is 3.83. The fourth-order valence-electron chi connectivity index (χ4n) is 2.77. The Morgan fingerprint density at radius 1 is 1.12 bits per heavy atom. The Hall–Kier alpha value is -2.44. The average molecular weight is 329 g/mol. The molecule has 7 heteroatoms. The molecular formula is C17H23N5O2. The van der Waals surface area contributed by atoms with Crippen molar-refractivity contribution in [3.8, 4) is 0 Å². The maximum Gasteiger partial charge on any atom is 0.410 e. The van der Waals surface area contributed by atoms with Gasteiger partial charge in [-0.1, -0.05) is 0 Å². The lowest BCUT2D eigenvalue weighted by atomic mass is 10.2. The van der Waals surface area contributed by atoms with Gasteiger partial charge in [-0.2, -0.15) is 0 Å². The van der Waals surface area contributed by atoms with Gasteiger partial charge in [0.15, 0.2) is 5.65 Å². The second kappa shape index (κ2) is 6.59. The summed E-state index contributed by atoms with van der Waals surface area (Å²) in [5.41, 5.74) is 0.216. The molecule has 0 bridgehead atoms. The van der Waals surface area contributed by atoms with Crippen LogP contribution in [0.25, 0.3) is 11.0 Å². The topological polar surface area (TPSA) is 71.5 Å². The number of aromatic nitrogens is 3. The van der Waals surface area contributed by atoms with Crippen LogP contribution in [0.4, 0.5) is 10.6 Å². The first kappa shape index (κ1) is 16.4. The van der Waals surface area contributed by atoms with Crippen LogP contribution in [0.15, 0.2) is 24.7 Å². The van der Waals surface area contributed by atoms with E-state index in [2.05, 4.69) is 19.9 Å². The summed E-state index contributed by atoms with van der Waals surface area (Å²) < 4.78 is 5.48. The molecule has 0 saturated carbocycles. The standard InChI is InChI=1S/C17H23N5O2/c1-17(2,3)24-16(23)22-9-5-8-21(10-11-22)15-13-6-4-7-18-14(13)19-12-20-15/h4,6-7,12H,5,8-11H2,1-3H3. The van der Waals surface area contributed by atoms with Crippen LogP contribution in [0.5, 0.6) is 0 Å². The van der Waals surface area contributed by atoms with Gasteiger partial charge in [0.2, 0.25) is 0 Å². The quantitative estimate of drug-likeness (QED) is 0.800. The van der Waals surface area contributed by atoms with Gasteiger partial charge < -0.3 is 14.5 Å². The first-order chi connectivity index (χ1) is 11.4. The molecule has 0 spiro atoms. The first-order valence-electron chi connectivity index (χ1n) is 8.23. The van der Waals surface area contributed by atoms with Crippen molar-refractivity contribution < 1.29 is 9.53 Å². The van der Waals surface area contributed by atoms with Crippen LogP contribution in [0.3, 0.4) is 0 Å². The number of carbonyl (C=O) groups is 1. The number of amides is 1. The summed E-state index contributed by atoms with van der Waals surface area (Å²) in [6.45, 7) is 8.49. The number of anilines is 1. The molecule has 1 aliphatic heterocycles. The van der Waals surface area contributed by atoms with E-state index in [4.69, 9.17) is 4.74 Å². The molecule has 0 aromatic carbocycles. The Kier molecular flexibility index (Phi) is 4.51. The summed E-state index contributed by atoms with van der Waals surface area (Å²) in [4.78, 5) is 29.2. The molecular weight excluding hydrogens is 306 g/mol. The summed E-state index contributed by atoms with van der Waals surface area (Å²) in [6.07, 6.45) is 3.89. The first-order valence-corrected chi connectivity index (χ1v) is 8.23. The van der Waals surface area contributed by atoms with Gasteiger partial charge in [-0.3, -0.25) is 0 Å². The van der Waals surface area contributed by atoms with Gasteiger partial charge >= 0.3 is 6.09 Å². The van der Waals surface area contributed by atoms with E-state index in [-0.39, 0.29) is 6.09 Å². The van der Waals surface area contributed by atoms with Crippen molar-refractivity contribution in [1.82, 2.24) is 19.9 Å². The second-order valence-electron chi connectivity index (χ2n) is 6.88. The van der Waals surface area contributed by atoms with Gasteiger partial charge in [-0.05, 0) is 39.3 Å². The van der Waals surface area contributed by atoms with Gasteiger partial charge in [-0.25, -0.2) is 19.7 Å². The molecule has 2 aromatic heterocycles. The van der Waals surface area contributed by atoms with E-state index in [9.17, 15) is 4.79 Å². The number of fused-ring (bicyclic) bond motifs is 1. The van der Waals surface area contributed by atoms with Gasteiger partial charge in [0.25, 0.3) is 0 Å². The molecule has 2 aromatic rings. The van der Waals surface area contributed by atoms with Gasteiger partial charge in [0.1, 0.15) is 17.7 Å². The third kappa shape index (κ3) is 3.72. The second-order valence-corrected chi connectivity index (χ2v) is 6.88. The van der Waals surface area contributed by atoms with Crippen molar-refractivity contribution in [2.45, 2.75) is 32.8 Å². The zero-order valence-corrected chi connectivity index (χ0v) is 14.4. The van der Waals surface area contributed by atoms with Crippen molar-refractivity contribution in [1.29, 1.82) is 0 Å². The molecule has 3 heterocycles. The smallest absolute Gasteiger partial charge is 0.410 e. The van der Waals surface area contributed by atoms with E-state index in [1.807, 2.05) is 32.9 Å². The predicted octanol–water partition coefficient (Wildman–Crippen LogP) is 2.47. The number of nitrogens with zero attached hydrogens (tertiary/aromatic N) is 5. The lowest BCUT2D eigenvalue weighted by Crippen LogP contribution is -2.39. The fourth-order valence-corrected chi connectivity index (χ4v) is 2.77. The minimum Gasteiger partial charge on any atom is -0.444 e. The summed E-state index contributed by atoms with van der Waals surface area (Å²) in [5.74, 6) is 0.874. The van der Waals surface area contributed by atoms with Crippen LogP contribution in [0.2, 0.25) is 0 Å². The highest BCUT2D eigenvalue weighted by atomic mass is 16.6. The molecule has 128 valence electrons. The maximum absolute atomic E-state index is 12.3. The molecule has 0 unspecified atom stereocenters. The number of hydrogen-bond donors (Lipinski definition) is 0. The normalized spacial score (nSPS) is 16.1. The van der Waals surface area contributed by atoms with Gasteiger partial charge in [-0.15, -0.1) is 0 Å². The van der Waals surface area contributed by atoms with Gasteiger partial charge in [0, 0.05) is 32.4 Å². The Bertz CT molecular complexity index is 723. The van der Waals surface area contributed by atoms with E-state index >= 15 is 0 Å². The molecule has 0 aliphatic carbocycles. The van der Waals surface area contributed by atoms with E-state index < -0.39 is 5.60 Å². The molecule has 1 aliphatic rings. The molecule has 1 amide bonds. The third-order valence-electron chi connectivity index (χ3n) is 3.83. The fraction of sp³-hybridized carbons (Fsp3) is 0.529. The molecule has 1 fully saturated rings. The van der Waals surface area contributed by atoms with Crippen molar-refractivity contribution in [2.75, 3.05) is 31.1 Å². The minimum absolute atomic E-state index is 0.251. The summed E-state index contributed by atoms with van der Waals surface area (Å²) in [7, 11) is 0. The number of ether oxygens (including phenoxy) is 1. The van der Waals surface area contributed by atoms with Crippen LogP contribution >= 0.6 is 0 Å². The monoisotopic (exact) mass is 329 g/mol. The zero-order valence-electron chi connectivity index (χ0n) is 14.4. The lowest BCUT2D eigenvalue weighted by Gasteiger charge is -2.26. The van der Waals surface area contributed by atoms with Crippen molar-refractivity contribution in [2.24, 2.45) is 0 Å². The Balaban J connectivity index is 1.75. The highest BCUT2D eigenvalue weighted by Crippen LogP contribution is 2.22. The number of carbonyl (C=O) groups excluding carboxylic acids is 1. The average Bonchev–Trinajstić information content (AvgIpc) is 2.79. The van der Waals surface area contributed by atoms with Crippen molar-refractivity contribution in [3.05, 3.63) is 24.7 Å².